The summed E-state index contributed by atoms with van der Waals surface area (Å²) >= 11 is 0. The third-order valence-corrected chi connectivity index (χ3v) is 3.20. The number of hydrogen-bond acceptors (Lipinski definition) is 4. The molecule has 0 aliphatic carbocycles. The van der Waals surface area contributed by atoms with Gasteiger partial charge in [-0.05, 0) is 44.0 Å². The van der Waals surface area contributed by atoms with Crippen molar-refractivity contribution in [2.75, 3.05) is 5.32 Å². The van der Waals surface area contributed by atoms with E-state index in [-0.39, 0.29) is 10.6 Å². The van der Waals surface area contributed by atoms with Crippen molar-refractivity contribution in [3.8, 4) is 0 Å². The Morgan fingerprint density at radius 2 is 1.95 bits per heavy atom. The van der Waals surface area contributed by atoms with Gasteiger partial charge >= 0.3 is 0 Å². The first-order chi connectivity index (χ1) is 9.47. The van der Waals surface area contributed by atoms with Gasteiger partial charge in [0.25, 0.3) is 5.69 Å². The summed E-state index contributed by atoms with van der Waals surface area (Å²) in [5.74, 6) is 0. The van der Waals surface area contributed by atoms with Gasteiger partial charge in [0.15, 0.2) is 0 Å². The predicted octanol–water partition coefficient (Wildman–Crippen LogP) is 3.53. The average molecular weight is 271 g/mol. The number of hydrogen-bond donors (Lipinski definition) is 1. The lowest BCUT2D eigenvalue weighted by Gasteiger charge is -2.11. The zero-order chi connectivity index (χ0) is 14.7. The van der Waals surface area contributed by atoms with E-state index < -0.39 is 0 Å². The maximum Gasteiger partial charge on any atom is 0.272 e. The molecule has 5 nitrogen and oxygen atoms in total. The fraction of sp³-hybridized carbons (Fsp3) is 0.267. The molecule has 1 heterocycles. The van der Waals surface area contributed by atoms with Crippen molar-refractivity contribution < 1.29 is 4.92 Å². The van der Waals surface area contributed by atoms with Crippen LogP contribution >= 0.6 is 0 Å². The molecule has 0 amide bonds. The number of anilines is 1. The molecule has 1 N–H and O–H groups in total. The number of nitro benzene ring substituents is 1. The molecule has 1 aromatic carbocycles. The summed E-state index contributed by atoms with van der Waals surface area (Å²) in [6.45, 7) is 6.20. The highest BCUT2D eigenvalue weighted by atomic mass is 16.6. The van der Waals surface area contributed by atoms with Crippen LogP contribution in [0.25, 0.3) is 0 Å². The molecule has 2 aromatic rings. The van der Waals surface area contributed by atoms with Crippen molar-refractivity contribution >= 4 is 11.4 Å². The fourth-order valence-corrected chi connectivity index (χ4v) is 1.99. The van der Waals surface area contributed by atoms with Crippen LogP contribution in [0.15, 0.2) is 30.5 Å². The number of pyridine rings is 1. The summed E-state index contributed by atoms with van der Waals surface area (Å²) < 4.78 is 0. The van der Waals surface area contributed by atoms with Crippen LogP contribution in [0.2, 0.25) is 0 Å². The molecular formula is C15H17N3O2. The lowest BCUT2D eigenvalue weighted by molar-refractivity contribution is -0.385. The molecule has 0 bridgehead atoms. The first-order valence-electron chi connectivity index (χ1n) is 6.38. The highest BCUT2D eigenvalue weighted by Crippen LogP contribution is 2.26. The molecule has 0 atom stereocenters. The van der Waals surface area contributed by atoms with Gasteiger partial charge in [-0.3, -0.25) is 15.1 Å². The normalized spacial score (nSPS) is 10.3. The largest absolute Gasteiger partial charge is 0.381 e. The molecule has 2 rings (SSSR count). The molecule has 104 valence electrons. The predicted molar refractivity (Wildman–Crippen MR) is 78.9 cm³/mol. The Bertz CT molecular complexity index is 636. The van der Waals surface area contributed by atoms with Gasteiger partial charge < -0.3 is 5.32 Å². The number of rotatable bonds is 4. The minimum atomic E-state index is -0.351. The van der Waals surface area contributed by atoms with Crippen LogP contribution in [0, 0.1) is 30.9 Å². The first kappa shape index (κ1) is 14.0. The second-order valence-corrected chi connectivity index (χ2v) is 4.87. The van der Waals surface area contributed by atoms with Crippen molar-refractivity contribution in [1.29, 1.82) is 0 Å². The van der Waals surface area contributed by atoms with Crippen LogP contribution in [0.5, 0.6) is 0 Å². The maximum atomic E-state index is 10.9. The Kier molecular flexibility index (Phi) is 3.98. The van der Waals surface area contributed by atoms with Gasteiger partial charge in [0.1, 0.15) is 0 Å². The van der Waals surface area contributed by atoms with Crippen molar-refractivity contribution in [2.24, 2.45) is 0 Å². The minimum absolute atomic E-state index is 0.157. The van der Waals surface area contributed by atoms with Crippen LogP contribution in [-0.4, -0.2) is 9.91 Å². The van der Waals surface area contributed by atoms with E-state index in [0.29, 0.717) is 12.1 Å². The second kappa shape index (κ2) is 5.69. The van der Waals surface area contributed by atoms with E-state index in [4.69, 9.17) is 0 Å². The highest BCUT2D eigenvalue weighted by molar-refractivity contribution is 5.59. The Morgan fingerprint density at radius 1 is 1.20 bits per heavy atom. The quantitative estimate of drug-likeness (QED) is 0.682. The summed E-state index contributed by atoms with van der Waals surface area (Å²) in [7, 11) is 0. The van der Waals surface area contributed by atoms with Gasteiger partial charge in [0, 0.05) is 35.8 Å². The fourth-order valence-electron chi connectivity index (χ4n) is 1.99. The number of aromatic nitrogens is 1. The lowest BCUT2D eigenvalue weighted by Crippen LogP contribution is -2.03. The molecule has 0 saturated carbocycles. The van der Waals surface area contributed by atoms with Crippen LogP contribution < -0.4 is 5.32 Å². The zero-order valence-corrected chi connectivity index (χ0v) is 11.8. The van der Waals surface area contributed by atoms with Crippen molar-refractivity contribution in [3.05, 3.63) is 63.0 Å². The van der Waals surface area contributed by atoms with E-state index in [1.165, 1.54) is 0 Å². The second-order valence-electron chi connectivity index (χ2n) is 4.87. The smallest absolute Gasteiger partial charge is 0.272 e. The summed E-state index contributed by atoms with van der Waals surface area (Å²) in [6.07, 6.45) is 1.83. The summed E-state index contributed by atoms with van der Waals surface area (Å²) in [5.41, 5.74) is 4.65. The van der Waals surface area contributed by atoms with Crippen molar-refractivity contribution in [1.82, 2.24) is 4.98 Å². The first-order valence-corrected chi connectivity index (χ1v) is 6.38. The third-order valence-electron chi connectivity index (χ3n) is 3.20. The monoisotopic (exact) mass is 271 g/mol. The number of benzene rings is 1. The van der Waals surface area contributed by atoms with E-state index in [1.54, 1.807) is 13.0 Å². The standard InChI is InChI=1S/C15H17N3O2/c1-10-7-15(18(19)20)11(2)6-14(10)17-9-13-5-4-12(3)16-8-13/h4-8,17H,9H2,1-3H3. The van der Waals surface area contributed by atoms with E-state index in [1.807, 2.05) is 38.2 Å². The van der Waals surface area contributed by atoms with E-state index in [2.05, 4.69) is 10.3 Å². The van der Waals surface area contributed by atoms with E-state index in [9.17, 15) is 10.1 Å². The Labute approximate surface area is 117 Å². The lowest BCUT2D eigenvalue weighted by atomic mass is 10.1. The molecule has 0 aliphatic heterocycles. The van der Waals surface area contributed by atoms with Gasteiger partial charge in [-0.2, -0.15) is 0 Å². The number of nitrogens with zero attached hydrogens (tertiary/aromatic N) is 2. The van der Waals surface area contributed by atoms with E-state index >= 15 is 0 Å². The van der Waals surface area contributed by atoms with Crippen LogP contribution in [0.3, 0.4) is 0 Å². The van der Waals surface area contributed by atoms with Gasteiger partial charge in [0.05, 0.1) is 4.92 Å². The molecule has 0 aliphatic rings. The molecule has 0 unspecified atom stereocenters. The van der Waals surface area contributed by atoms with Crippen molar-refractivity contribution in [2.45, 2.75) is 27.3 Å². The molecule has 0 spiro atoms. The van der Waals surface area contributed by atoms with Crippen LogP contribution in [0.1, 0.15) is 22.4 Å². The molecule has 20 heavy (non-hydrogen) atoms. The Hall–Kier alpha value is -2.43. The van der Waals surface area contributed by atoms with Gasteiger partial charge in [-0.1, -0.05) is 6.07 Å². The number of nitro groups is 1. The number of aryl methyl sites for hydroxylation is 3. The highest BCUT2D eigenvalue weighted by Gasteiger charge is 2.13. The van der Waals surface area contributed by atoms with E-state index in [0.717, 1.165) is 22.5 Å². The maximum absolute atomic E-state index is 10.9. The van der Waals surface area contributed by atoms with Crippen LogP contribution in [-0.2, 0) is 6.54 Å². The third kappa shape index (κ3) is 3.12. The summed E-state index contributed by atoms with van der Waals surface area (Å²) in [4.78, 5) is 14.8. The summed E-state index contributed by atoms with van der Waals surface area (Å²) in [6, 6.07) is 7.40. The van der Waals surface area contributed by atoms with Crippen LogP contribution in [0.4, 0.5) is 11.4 Å². The molecule has 0 fully saturated rings. The van der Waals surface area contributed by atoms with Gasteiger partial charge in [-0.15, -0.1) is 0 Å². The topological polar surface area (TPSA) is 68.1 Å². The molecule has 5 heteroatoms. The van der Waals surface area contributed by atoms with Crippen molar-refractivity contribution in [3.63, 3.8) is 0 Å². The van der Waals surface area contributed by atoms with Gasteiger partial charge in [0.2, 0.25) is 0 Å². The molecule has 1 aromatic heterocycles. The van der Waals surface area contributed by atoms with Gasteiger partial charge in [-0.25, -0.2) is 0 Å². The Balaban J connectivity index is 2.16. The molecule has 0 radical (unpaired) electrons. The average Bonchev–Trinajstić information content (AvgIpc) is 2.41. The minimum Gasteiger partial charge on any atom is -0.381 e. The molecule has 0 saturated heterocycles. The summed E-state index contributed by atoms with van der Waals surface area (Å²) in [5, 5.41) is 14.2. The SMILES string of the molecule is Cc1ccc(CNc2cc(C)c([N+](=O)[O-])cc2C)cn1. The number of nitrogens with one attached hydrogen (secondary N) is 1. The Morgan fingerprint density at radius 3 is 2.55 bits per heavy atom. The zero-order valence-electron chi connectivity index (χ0n) is 11.8. The molecular weight excluding hydrogens is 254 g/mol.